The minimum atomic E-state index is -0.125. The average molecular weight is 493 g/mol. The number of fused-ring (bicyclic) bond motifs is 1. The second-order valence-corrected chi connectivity index (χ2v) is 9.61. The van der Waals surface area contributed by atoms with Gasteiger partial charge in [-0.15, -0.1) is 11.8 Å². The number of aromatic amines is 1. The lowest BCUT2D eigenvalue weighted by Gasteiger charge is -2.26. The number of benzene rings is 1. The number of likely N-dealkylation sites (tertiary alicyclic amines) is 1. The molecule has 3 heterocycles. The zero-order valence-corrected chi connectivity index (χ0v) is 20.7. The molecule has 0 atom stereocenters. The Labute approximate surface area is 210 Å². The number of ether oxygens (including phenoxy) is 1. The monoisotopic (exact) mass is 492 g/mol. The normalized spacial score (nSPS) is 14.4. The Hall–Kier alpha value is -3.10. The van der Waals surface area contributed by atoms with E-state index < -0.39 is 0 Å². The first kappa shape index (κ1) is 25.0. The number of rotatable bonds is 11. The number of amides is 1. The van der Waals surface area contributed by atoms with Gasteiger partial charge in [-0.3, -0.25) is 14.5 Å². The van der Waals surface area contributed by atoms with E-state index in [1.165, 1.54) is 36.6 Å². The van der Waals surface area contributed by atoms with E-state index in [1.807, 2.05) is 48.6 Å². The van der Waals surface area contributed by atoms with Crippen molar-refractivity contribution in [3.63, 3.8) is 0 Å². The van der Waals surface area contributed by atoms with Crippen LogP contribution >= 0.6 is 11.8 Å². The fourth-order valence-corrected chi connectivity index (χ4v) is 5.01. The van der Waals surface area contributed by atoms with Gasteiger partial charge in [0.25, 0.3) is 0 Å². The molecule has 0 spiro atoms. The van der Waals surface area contributed by atoms with E-state index in [-0.39, 0.29) is 11.5 Å². The molecule has 1 aliphatic rings. The first-order chi connectivity index (χ1) is 17.2. The molecule has 1 amide bonds. The van der Waals surface area contributed by atoms with Crippen LogP contribution in [0, 0.1) is 0 Å². The maximum atomic E-state index is 12.1. The van der Waals surface area contributed by atoms with Gasteiger partial charge in [0.1, 0.15) is 6.61 Å². The number of piperidine rings is 1. The lowest BCUT2D eigenvalue weighted by Crippen LogP contribution is -2.29. The molecule has 8 heteroatoms. The summed E-state index contributed by atoms with van der Waals surface area (Å²) in [4.78, 5) is 33.6. The van der Waals surface area contributed by atoms with Gasteiger partial charge in [-0.25, -0.2) is 4.98 Å². The summed E-state index contributed by atoms with van der Waals surface area (Å²) in [7, 11) is 0. The van der Waals surface area contributed by atoms with Crippen LogP contribution in [0.1, 0.15) is 30.4 Å². The number of nitrogens with zero attached hydrogens (tertiary/aromatic N) is 2. The van der Waals surface area contributed by atoms with E-state index in [1.54, 1.807) is 12.3 Å². The summed E-state index contributed by atoms with van der Waals surface area (Å²) in [6.07, 6.45) is 9.45. The number of aromatic nitrogens is 2. The number of H-pyrrole nitrogens is 1. The minimum absolute atomic E-state index is 0.0400. The van der Waals surface area contributed by atoms with Crippen molar-refractivity contribution in [2.24, 2.45) is 0 Å². The van der Waals surface area contributed by atoms with Crippen LogP contribution < -0.4 is 15.6 Å². The number of hydrogen-bond acceptors (Lipinski definition) is 6. The second-order valence-electron chi connectivity index (χ2n) is 8.62. The summed E-state index contributed by atoms with van der Waals surface area (Å²) in [6.45, 7) is 4.11. The summed E-state index contributed by atoms with van der Waals surface area (Å²) in [5, 5.41) is 3.89. The number of thioether (sulfide) groups is 1. The van der Waals surface area contributed by atoms with Crippen molar-refractivity contribution >= 4 is 28.6 Å². The highest BCUT2D eigenvalue weighted by molar-refractivity contribution is 7.99. The van der Waals surface area contributed by atoms with E-state index in [0.29, 0.717) is 30.5 Å². The topological polar surface area (TPSA) is 87.3 Å². The molecule has 0 saturated carbocycles. The van der Waals surface area contributed by atoms with Gasteiger partial charge in [-0.05, 0) is 55.3 Å². The van der Waals surface area contributed by atoms with Crippen LogP contribution in [-0.2, 0) is 17.1 Å². The summed E-state index contributed by atoms with van der Waals surface area (Å²) in [5.74, 6) is 1.52. The molecule has 0 aliphatic carbocycles. The third-order valence-corrected chi connectivity index (χ3v) is 6.87. The smallest absolute Gasteiger partial charge is 0.248 e. The van der Waals surface area contributed by atoms with Crippen LogP contribution in [0.3, 0.4) is 0 Å². The van der Waals surface area contributed by atoms with Crippen molar-refractivity contribution in [2.75, 3.05) is 32.0 Å². The third kappa shape index (κ3) is 7.97. The van der Waals surface area contributed by atoms with E-state index in [4.69, 9.17) is 4.74 Å². The molecule has 184 valence electrons. The maximum Gasteiger partial charge on any atom is 0.248 e. The van der Waals surface area contributed by atoms with Crippen LogP contribution in [-0.4, -0.2) is 52.8 Å². The Morgan fingerprint density at radius 1 is 1.14 bits per heavy atom. The van der Waals surface area contributed by atoms with Crippen molar-refractivity contribution in [1.29, 1.82) is 0 Å². The fourth-order valence-electron chi connectivity index (χ4n) is 4.16. The Kier molecular flexibility index (Phi) is 9.37. The quantitative estimate of drug-likeness (QED) is 0.395. The molecular formula is C27H32N4O3S. The van der Waals surface area contributed by atoms with Gasteiger partial charge in [0, 0.05) is 48.1 Å². The van der Waals surface area contributed by atoms with Gasteiger partial charge in [0.2, 0.25) is 17.3 Å². The number of pyridine rings is 2. The van der Waals surface area contributed by atoms with Crippen LogP contribution in [0.4, 0.5) is 0 Å². The highest BCUT2D eigenvalue weighted by Crippen LogP contribution is 2.20. The molecular weight excluding hydrogens is 460 g/mol. The Bertz CT molecular complexity index is 1200. The molecule has 1 aliphatic heterocycles. The lowest BCUT2D eigenvalue weighted by molar-refractivity contribution is -0.118. The number of carbonyl (C=O) groups is 1. The Morgan fingerprint density at radius 3 is 2.89 bits per heavy atom. The number of carbonyl (C=O) groups excluding carboxylic acids is 1. The Morgan fingerprint density at radius 2 is 2.00 bits per heavy atom. The standard InChI is InChI=1S/C27H32N4O3S/c32-25-17-22(23-8-2-3-9-24(23)30-25)19-35-20-26(33)28-11-4-7-15-34-27-16-21(10-12-29-27)18-31-13-5-1-6-14-31/h2-4,7-10,12,16-17H,1,5-6,11,13-15,18-20H2,(H,28,33)(H,30,32)/b7-4-. The number of para-hydroxylation sites is 1. The molecule has 2 N–H and O–H groups in total. The molecule has 1 saturated heterocycles. The van der Waals surface area contributed by atoms with Crippen LogP contribution in [0.2, 0.25) is 0 Å². The van der Waals surface area contributed by atoms with E-state index in [9.17, 15) is 9.59 Å². The van der Waals surface area contributed by atoms with Gasteiger partial charge in [0.05, 0.1) is 5.75 Å². The molecule has 2 aromatic heterocycles. The fraction of sp³-hybridized carbons (Fsp3) is 0.370. The lowest BCUT2D eigenvalue weighted by atomic mass is 10.1. The summed E-state index contributed by atoms with van der Waals surface area (Å²) < 4.78 is 5.74. The first-order valence-electron chi connectivity index (χ1n) is 12.1. The zero-order valence-electron chi connectivity index (χ0n) is 19.9. The predicted octanol–water partition coefficient (Wildman–Crippen LogP) is 3.89. The maximum absolute atomic E-state index is 12.1. The largest absolute Gasteiger partial charge is 0.473 e. The van der Waals surface area contributed by atoms with Gasteiger partial charge >= 0.3 is 0 Å². The molecule has 1 fully saturated rings. The SMILES string of the molecule is O=C(CSCc1cc(=O)[nH]c2ccccc12)NC/C=C\COc1cc(CN2CCCCC2)ccn1. The van der Waals surface area contributed by atoms with Crippen LogP contribution in [0.5, 0.6) is 5.88 Å². The number of hydrogen-bond donors (Lipinski definition) is 2. The van der Waals surface area contributed by atoms with E-state index in [2.05, 4.69) is 20.2 Å². The number of nitrogens with one attached hydrogen (secondary N) is 2. The molecule has 35 heavy (non-hydrogen) atoms. The van der Waals surface area contributed by atoms with Crippen molar-refractivity contribution < 1.29 is 9.53 Å². The van der Waals surface area contributed by atoms with Crippen molar-refractivity contribution in [1.82, 2.24) is 20.2 Å². The summed E-state index contributed by atoms with van der Waals surface area (Å²) >= 11 is 1.49. The molecule has 0 bridgehead atoms. The minimum Gasteiger partial charge on any atom is -0.473 e. The zero-order chi connectivity index (χ0) is 24.3. The average Bonchev–Trinajstić information content (AvgIpc) is 2.87. The summed E-state index contributed by atoms with van der Waals surface area (Å²) in [6, 6.07) is 13.4. The van der Waals surface area contributed by atoms with Gasteiger partial charge in [-0.2, -0.15) is 0 Å². The van der Waals surface area contributed by atoms with Crippen molar-refractivity contribution in [3.05, 3.63) is 82.3 Å². The highest BCUT2D eigenvalue weighted by atomic mass is 32.2. The predicted molar refractivity (Wildman–Crippen MR) is 142 cm³/mol. The molecule has 4 rings (SSSR count). The van der Waals surface area contributed by atoms with Crippen molar-refractivity contribution in [2.45, 2.75) is 31.6 Å². The van der Waals surface area contributed by atoms with Crippen LogP contribution in [0.25, 0.3) is 10.9 Å². The molecule has 7 nitrogen and oxygen atoms in total. The molecule has 1 aromatic carbocycles. The van der Waals surface area contributed by atoms with E-state index >= 15 is 0 Å². The molecule has 0 radical (unpaired) electrons. The van der Waals surface area contributed by atoms with Gasteiger partial charge < -0.3 is 15.0 Å². The van der Waals surface area contributed by atoms with E-state index in [0.717, 1.165) is 36.1 Å². The highest BCUT2D eigenvalue weighted by Gasteiger charge is 2.11. The Balaban J connectivity index is 1.13. The molecule has 0 unspecified atom stereocenters. The third-order valence-electron chi connectivity index (χ3n) is 5.89. The van der Waals surface area contributed by atoms with Gasteiger partial charge in [-0.1, -0.05) is 30.7 Å². The van der Waals surface area contributed by atoms with Crippen LogP contribution in [0.15, 0.2) is 65.6 Å². The molecule has 3 aromatic rings. The first-order valence-corrected chi connectivity index (χ1v) is 13.2. The summed E-state index contributed by atoms with van der Waals surface area (Å²) in [5.41, 5.74) is 2.85. The van der Waals surface area contributed by atoms with Crippen molar-refractivity contribution in [3.8, 4) is 5.88 Å². The second kappa shape index (κ2) is 13.1. The van der Waals surface area contributed by atoms with Gasteiger partial charge in [0.15, 0.2) is 0 Å².